The topological polar surface area (TPSA) is 50.4 Å². The predicted molar refractivity (Wildman–Crippen MR) is 81.9 cm³/mol. The van der Waals surface area contributed by atoms with Crippen molar-refractivity contribution in [2.75, 3.05) is 13.7 Å². The first kappa shape index (κ1) is 16.5. The Labute approximate surface area is 121 Å². The van der Waals surface area contributed by atoms with Gasteiger partial charge in [0.2, 0.25) is 5.91 Å². The third kappa shape index (κ3) is 5.21. The van der Waals surface area contributed by atoms with Crippen molar-refractivity contribution >= 4 is 5.91 Å². The van der Waals surface area contributed by atoms with Gasteiger partial charge in [0, 0.05) is 24.6 Å². The van der Waals surface area contributed by atoms with Crippen LogP contribution in [0.2, 0.25) is 0 Å². The van der Waals surface area contributed by atoms with Crippen LogP contribution in [-0.2, 0) is 4.79 Å². The largest absolute Gasteiger partial charge is 0.496 e. The first-order valence-electron chi connectivity index (χ1n) is 7.24. The highest BCUT2D eigenvalue weighted by atomic mass is 16.5. The molecule has 1 unspecified atom stereocenters. The number of hydrogen-bond acceptors (Lipinski definition) is 3. The number of carbonyl (C=O) groups excluding carboxylic acids is 1. The molecule has 1 amide bonds. The molecule has 1 aromatic rings. The number of ether oxygens (including phenoxy) is 1. The van der Waals surface area contributed by atoms with Crippen molar-refractivity contribution in [3.05, 3.63) is 29.8 Å². The van der Waals surface area contributed by atoms with Gasteiger partial charge in [-0.15, -0.1) is 0 Å². The molecule has 0 saturated heterocycles. The lowest BCUT2D eigenvalue weighted by Crippen LogP contribution is -2.32. The molecule has 0 saturated carbocycles. The monoisotopic (exact) mass is 278 g/mol. The molecule has 0 bridgehead atoms. The summed E-state index contributed by atoms with van der Waals surface area (Å²) < 4.78 is 5.36. The average molecular weight is 278 g/mol. The lowest BCUT2D eigenvalue weighted by Gasteiger charge is -2.20. The second-order valence-electron chi connectivity index (χ2n) is 5.13. The van der Waals surface area contributed by atoms with Gasteiger partial charge in [-0.05, 0) is 12.5 Å². The van der Waals surface area contributed by atoms with Crippen molar-refractivity contribution in [3.8, 4) is 5.75 Å². The van der Waals surface area contributed by atoms with E-state index >= 15 is 0 Å². The van der Waals surface area contributed by atoms with Gasteiger partial charge in [0.1, 0.15) is 5.75 Å². The van der Waals surface area contributed by atoms with Crippen LogP contribution in [0, 0.1) is 0 Å². The Bertz CT molecular complexity index is 419. The minimum absolute atomic E-state index is 0.00213. The molecule has 20 heavy (non-hydrogen) atoms. The fourth-order valence-corrected chi connectivity index (χ4v) is 2.09. The highest BCUT2D eigenvalue weighted by Crippen LogP contribution is 2.26. The molecule has 0 aliphatic heterocycles. The third-order valence-corrected chi connectivity index (χ3v) is 3.16. The maximum absolute atomic E-state index is 12.0. The Hall–Kier alpha value is -1.55. The molecule has 4 nitrogen and oxygen atoms in total. The van der Waals surface area contributed by atoms with Gasteiger partial charge in [0.25, 0.3) is 0 Å². The summed E-state index contributed by atoms with van der Waals surface area (Å²) in [6, 6.07) is 8.22. The Morgan fingerprint density at radius 3 is 2.60 bits per heavy atom. The molecule has 4 heteroatoms. The molecular formula is C16H26N2O2. The zero-order chi connectivity index (χ0) is 15.0. The molecule has 0 radical (unpaired) electrons. The number of rotatable bonds is 8. The highest BCUT2D eigenvalue weighted by molar-refractivity contribution is 5.76. The smallest absolute Gasteiger partial charge is 0.221 e. The van der Waals surface area contributed by atoms with E-state index in [0.29, 0.717) is 19.0 Å². The van der Waals surface area contributed by atoms with Gasteiger partial charge in [-0.1, -0.05) is 39.0 Å². The maximum Gasteiger partial charge on any atom is 0.221 e. The molecule has 0 spiro atoms. The summed E-state index contributed by atoms with van der Waals surface area (Å²) in [5.41, 5.74) is 1.03. The molecule has 1 atom stereocenters. The van der Waals surface area contributed by atoms with Crippen LogP contribution in [0.25, 0.3) is 0 Å². The lowest BCUT2D eigenvalue weighted by molar-refractivity contribution is -0.121. The van der Waals surface area contributed by atoms with Crippen LogP contribution in [0.3, 0.4) is 0 Å². The molecule has 1 aromatic carbocycles. The van der Waals surface area contributed by atoms with Crippen molar-refractivity contribution in [1.82, 2.24) is 10.6 Å². The maximum atomic E-state index is 12.0. The molecule has 2 N–H and O–H groups in total. The zero-order valence-corrected chi connectivity index (χ0v) is 12.9. The molecule has 0 heterocycles. The van der Waals surface area contributed by atoms with Gasteiger partial charge in [0.05, 0.1) is 13.2 Å². The van der Waals surface area contributed by atoms with Crippen molar-refractivity contribution in [1.29, 1.82) is 0 Å². The number of benzene rings is 1. The van der Waals surface area contributed by atoms with E-state index in [4.69, 9.17) is 4.74 Å². The summed E-state index contributed by atoms with van der Waals surface area (Å²) in [4.78, 5) is 12.0. The number of nitrogens with one attached hydrogen (secondary N) is 2. The van der Waals surface area contributed by atoms with E-state index in [1.807, 2.05) is 24.3 Å². The van der Waals surface area contributed by atoms with Gasteiger partial charge in [-0.2, -0.15) is 0 Å². The van der Waals surface area contributed by atoms with Crippen molar-refractivity contribution in [3.63, 3.8) is 0 Å². The molecule has 0 aromatic heterocycles. The normalized spacial score (nSPS) is 12.2. The van der Waals surface area contributed by atoms with Crippen molar-refractivity contribution in [2.45, 2.75) is 45.7 Å². The van der Waals surface area contributed by atoms with Crippen LogP contribution in [0.5, 0.6) is 5.75 Å². The fourth-order valence-electron chi connectivity index (χ4n) is 2.09. The van der Waals surface area contributed by atoms with Crippen LogP contribution in [-0.4, -0.2) is 25.6 Å². The summed E-state index contributed by atoms with van der Waals surface area (Å²) in [5, 5.41) is 6.32. The predicted octanol–water partition coefficient (Wildman–Crippen LogP) is 2.65. The van der Waals surface area contributed by atoms with E-state index in [9.17, 15) is 4.79 Å². The van der Waals surface area contributed by atoms with E-state index in [0.717, 1.165) is 17.7 Å². The van der Waals surface area contributed by atoms with Crippen LogP contribution in [0.4, 0.5) is 0 Å². The van der Waals surface area contributed by atoms with Crippen LogP contribution < -0.4 is 15.4 Å². The molecular weight excluding hydrogens is 252 g/mol. The summed E-state index contributed by atoms with van der Waals surface area (Å²) in [5.74, 6) is 0.885. The highest BCUT2D eigenvalue weighted by Gasteiger charge is 2.16. The molecule has 112 valence electrons. The third-order valence-electron chi connectivity index (χ3n) is 3.16. The van der Waals surface area contributed by atoms with Crippen LogP contribution in [0.15, 0.2) is 24.3 Å². The molecule has 0 aliphatic rings. The Morgan fingerprint density at radius 1 is 1.30 bits per heavy atom. The van der Waals surface area contributed by atoms with E-state index < -0.39 is 0 Å². The van der Waals surface area contributed by atoms with E-state index in [-0.39, 0.29) is 11.9 Å². The van der Waals surface area contributed by atoms with E-state index in [1.165, 1.54) is 0 Å². The molecule has 1 rings (SSSR count). The fraction of sp³-hybridized carbons (Fsp3) is 0.562. The number of methoxy groups -OCH3 is 1. The quantitative estimate of drug-likeness (QED) is 0.768. The summed E-state index contributed by atoms with van der Waals surface area (Å²) >= 11 is 0. The summed E-state index contributed by atoms with van der Waals surface area (Å²) in [7, 11) is 1.65. The Balaban J connectivity index is 2.60. The van der Waals surface area contributed by atoms with Gasteiger partial charge in [0.15, 0.2) is 0 Å². The summed E-state index contributed by atoms with van der Waals surface area (Å²) in [6.45, 7) is 6.90. The van der Waals surface area contributed by atoms with Crippen LogP contribution in [0.1, 0.15) is 45.2 Å². The van der Waals surface area contributed by atoms with Gasteiger partial charge >= 0.3 is 0 Å². The second kappa shape index (κ2) is 8.59. The number of carbonyl (C=O) groups is 1. The minimum atomic E-state index is -0.00213. The van der Waals surface area contributed by atoms with E-state index in [2.05, 4.69) is 31.4 Å². The Kier molecular flexibility index (Phi) is 7.09. The SMILES string of the molecule is CCC(NC(=O)CCNC(C)C)c1ccccc1OC. The number of amides is 1. The van der Waals surface area contributed by atoms with Gasteiger partial charge in [-0.3, -0.25) is 4.79 Å². The molecule has 0 fully saturated rings. The van der Waals surface area contributed by atoms with Crippen molar-refractivity contribution in [2.24, 2.45) is 0 Å². The van der Waals surface area contributed by atoms with Gasteiger partial charge < -0.3 is 15.4 Å². The van der Waals surface area contributed by atoms with E-state index in [1.54, 1.807) is 7.11 Å². The number of para-hydroxylation sites is 1. The van der Waals surface area contributed by atoms with Gasteiger partial charge in [-0.25, -0.2) is 0 Å². The minimum Gasteiger partial charge on any atom is -0.496 e. The van der Waals surface area contributed by atoms with Crippen molar-refractivity contribution < 1.29 is 9.53 Å². The summed E-state index contributed by atoms with van der Waals surface area (Å²) in [6.07, 6.45) is 1.33. The number of hydrogen-bond donors (Lipinski definition) is 2. The Morgan fingerprint density at radius 2 is 2.00 bits per heavy atom. The average Bonchev–Trinajstić information content (AvgIpc) is 2.44. The lowest BCUT2D eigenvalue weighted by atomic mass is 10.0. The zero-order valence-electron chi connectivity index (χ0n) is 12.9. The first-order valence-corrected chi connectivity index (χ1v) is 7.24. The first-order chi connectivity index (χ1) is 9.58. The van der Waals surface area contributed by atoms with Crippen LogP contribution >= 0.6 is 0 Å². The molecule has 0 aliphatic carbocycles. The standard InChI is InChI=1S/C16H26N2O2/c1-5-14(13-8-6-7-9-15(13)20-4)18-16(19)10-11-17-12(2)3/h6-9,12,14,17H,5,10-11H2,1-4H3,(H,18,19). The second-order valence-corrected chi connectivity index (χ2v) is 5.13.